The van der Waals surface area contributed by atoms with Crippen LogP contribution >= 0.6 is 0 Å². The number of hydrogen-bond donors (Lipinski definition) is 0. The van der Waals surface area contributed by atoms with Crippen LogP contribution in [0.5, 0.6) is 0 Å². The van der Waals surface area contributed by atoms with Crippen molar-refractivity contribution in [1.82, 2.24) is 0 Å². The van der Waals surface area contributed by atoms with Crippen LogP contribution < -0.4 is 0 Å². The van der Waals surface area contributed by atoms with E-state index in [1.807, 2.05) is 85.1 Å². The predicted molar refractivity (Wildman–Crippen MR) is 274 cm³/mol. The van der Waals surface area contributed by atoms with E-state index < -0.39 is 6.10 Å². The first kappa shape index (κ1) is 59.5. The van der Waals surface area contributed by atoms with E-state index >= 15 is 0 Å². The van der Waals surface area contributed by atoms with E-state index in [-0.39, 0.29) is 37.5 Å². The minimum absolute atomic E-state index is 0.122. The van der Waals surface area contributed by atoms with Gasteiger partial charge in [0.15, 0.2) is 6.10 Å². The van der Waals surface area contributed by atoms with Crippen LogP contribution in [0.2, 0.25) is 0 Å². The molecule has 0 radical (unpaired) electrons. The summed E-state index contributed by atoms with van der Waals surface area (Å²) in [5, 5.41) is 0. The zero-order valence-corrected chi connectivity index (χ0v) is 40.7. The summed E-state index contributed by atoms with van der Waals surface area (Å²) in [6, 6.07) is 0. The highest BCUT2D eigenvalue weighted by Gasteiger charge is 2.19. The highest BCUT2D eigenvalue weighted by Crippen LogP contribution is 2.12. The monoisotopic (exact) mass is 883 g/mol. The van der Waals surface area contributed by atoms with Crippen LogP contribution in [-0.4, -0.2) is 37.2 Å². The van der Waals surface area contributed by atoms with Crippen molar-refractivity contribution >= 4 is 17.9 Å². The van der Waals surface area contributed by atoms with Gasteiger partial charge in [-0.3, -0.25) is 14.4 Å². The topological polar surface area (TPSA) is 78.9 Å². The molecule has 0 rings (SSSR count). The number of allylic oxidation sites excluding steroid dienone is 22. The fraction of sp³-hybridized carbons (Fsp3) is 0.569. The maximum absolute atomic E-state index is 12.8. The molecule has 0 aromatic carbocycles. The SMILES string of the molecule is CC/C=C/C=C/C=C/C=C/C=C/CCCCCC(=O)OC(COC(=O)CCCCC/C=C/C=C/C=C/C=C/CC)COC(=O)CCCCCCC/C=C/C=C/CCCCCCCCC. The molecular formula is C58H90O6. The number of esters is 3. The first-order valence-corrected chi connectivity index (χ1v) is 25.3. The van der Waals surface area contributed by atoms with Crippen LogP contribution in [0.15, 0.2) is 134 Å². The molecule has 0 saturated heterocycles. The third-order valence-electron chi connectivity index (χ3n) is 10.1. The Hall–Kier alpha value is -4.45. The zero-order valence-electron chi connectivity index (χ0n) is 40.7. The number of unbranched alkanes of at least 4 members (excludes halogenated alkanes) is 18. The first-order chi connectivity index (χ1) is 31.5. The molecule has 0 aromatic heterocycles. The third-order valence-corrected chi connectivity index (χ3v) is 10.1. The maximum Gasteiger partial charge on any atom is 0.306 e. The lowest BCUT2D eigenvalue weighted by atomic mass is 10.1. The lowest BCUT2D eigenvalue weighted by Crippen LogP contribution is -2.30. The molecule has 358 valence electrons. The average molecular weight is 883 g/mol. The lowest BCUT2D eigenvalue weighted by molar-refractivity contribution is -0.167. The van der Waals surface area contributed by atoms with Gasteiger partial charge in [-0.05, 0) is 83.5 Å². The van der Waals surface area contributed by atoms with Crippen molar-refractivity contribution in [3.63, 3.8) is 0 Å². The Morgan fingerprint density at radius 2 is 0.609 bits per heavy atom. The summed E-state index contributed by atoms with van der Waals surface area (Å²) in [6.07, 6.45) is 71.5. The normalized spacial score (nSPS) is 13.2. The minimum atomic E-state index is -0.827. The van der Waals surface area contributed by atoms with Gasteiger partial charge in [-0.2, -0.15) is 0 Å². The fourth-order valence-corrected chi connectivity index (χ4v) is 6.34. The van der Waals surface area contributed by atoms with Crippen LogP contribution in [0.4, 0.5) is 0 Å². The standard InChI is InChI=1S/C58H90O6/c1-4-7-10-13-16-19-22-25-27-28-29-31-33-36-39-42-45-48-51-57(60)63-54-55(53-62-56(59)50-47-44-41-38-35-32-24-21-18-15-12-9-6-3)64-58(61)52-49-46-43-40-37-34-30-26-23-20-17-14-11-8-5-2/h8-9,11-12,14-15,17-18,20-21,23-24,26-32,34-35,37,55H,4-7,10,13,16,19,22,25,33,36,38-54H2,1-3H3/b11-8+,12-9+,17-14+,18-15+,23-20+,24-21+,28-27+,30-26+,31-29+,35-32+,37-34+. The van der Waals surface area contributed by atoms with E-state index in [1.54, 1.807) is 0 Å². The van der Waals surface area contributed by atoms with E-state index in [1.165, 1.54) is 51.4 Å². The molecular weight excluding hydrogens is 793 g/mol. The molecule has 64 heavy (non-hydrogen) atoms. The summed E-state index contributed by atoms with van der Waals surface area (Å²) >= 11 is 0. The van der Waals surface area contributed by atoms with Crippen molar-refractivity contribution in [1.29, 1.82) is 0 Å². The zero-order chi connectivity index (χ0) is 46.5. The second-order valence-electron chi connectivity index (χ2n) is 16.2. The van der Waals surface area contributed by atoms with Gasteiger partial charge in [0.25, 0.3) is 0 Å². The number of ether oxygens (including phenoxy) is 3. The predicted octanol–water partition coefficient (Wildman–Crippen LogP) is 16.7. The van der Waals surface area contributed by atoms with Crippen molar-refractivity contribution in [2.75, 3.05) is 13.2 Å². The number of hydrogen-bond acceptors (Lipinski definition) is 6. The lowest BCUT2D eigenvalue weighted by Gasteiger charge is -2.18. The van der Waals surface area contributed by atoms with Gasteiger partial charge in [0.05, 0.1) is 0 Å². The van der Waals surface area contributed by atoms with Crippen LogP contribution in [0.1, 0.15) is 194 Å². The van der Waals surface area contributed by atoms with Gasteiger partial charge in [-0.15, -0.1) is 0 Å². The minimum Gasteiger partial charge on any atom is -0.462 e. The van der Waals surface area contributed by atoms with Gasteiger partial charge in [-0.25, -0.2) is 0 Å². The summed E-state index contributed by atoms with van der Waals surface area (Å²) in [5.74, 6) is -1.03. The Morgan fingerprint density at radius 3 is 0.984 bits per heavy atom. The van der Waals surface area contributed by atoms with Crippen molar-refractivity contribution in [3.8, 4) is 0 Å². The molecule has 6 nitrogen and oxygen atoms in total. The van der Waals surface area contributed by atoms with Gasteiger partial charge in [0, 0.05) is 19.3 Å². The summed E-state index contributed by atoms with van der Waals surface area (Å²) in [7, 11) is 0. The molecule has 0 spiro atoms. The van der Waals surface area contributed by atoms with Gasteiger partial charge < -0.3 is 14.2 Å². The summed E-state index contributed by atoms with van der Waals surface area (Å²) in [4.78, 5) is 37.9. The van der Waals surface area contributed by atoms with E-state index in [0.29, 0.717) is 19.3 Å². The summed E-state index contributed by atoms with van der Waals surface area (Å²) in [5.41, 5.74) is 0. The molecule has 0 aromatic rings. The second kappa shape index (κ2) is 51.2. The number of carbonyl (C=O) groups is 3. The summed E-state index contributed by atoms with van der Waals surface area (Å²) < 4.78 is 16.7. The van der Waals surface area contributed by atoms with Gasteiger partial charge >= 0.3 is 17.9 Å². The third kappa shape index (κ3) is 48.6. The molecule has 0 N–H and O–H groups in total. The summed E-state index contributed by atoms with van der Waals surface area (Å²) in [6.45, 7) is 6.24. The molecule has 1 unspecified atom stereocenters. The molecule has 1 atom stereocenters. The molecule has 0 amide bonds. The van der Waals surface area contributed by atoms with Gasteiger partial charge in [0.1, 0.15) is 13.2 Å². The molecule has 0 aliphatic rings. The highest BCUT2D eigenvalue weighted by molar-refractivity contribution is 5.71. The van der Waals surface area contributed by atoms with Gasteiger partial charge in [-0.1, -0.05) is 225 Å². The Bertz CT molecular complexity index is 1430. The smallest absolute Gasteiger partial charge is 0.306 e. The van der Waals surface area contributed by atoms with Gasteiger partial charge in [0.2, 0.25) is 0 Å². The van der Waals surface area contributed by atoms with Crippen molar-refractivity contribution in [2.45, 2.75) is 200 Å². The average Bonchev–Trinajstić information content (AvgIpc) is 3.29. The fourth-order valence-electron chi connectivity index (χ4n) is 6.34. The molecule has 0 bridgehead atoms. The van der Waals surface area contributed by atoms with Crippen molar-refractivity contribution in [2.24, 2.45) is 0 Å². The maximum atomic E-state index is 12.8. The van der Waals surface area contributed by atoms with Crippen molar-refractivity contribution < 1.29 is 28.6 Å². The Balaban J connectivity index is 4.56. The molecule has 0 aliphatic carbocycles. The molecule has 0 fully saturated rings. The molecule has 0 heterocycles. The number of carbonyl (C=O) groups excluding carboxylic acids is 3. The van der Waals surface area contributed by atoms with E-state index in [9.17, 15) is 14.4 Å². The van der Waals surface area contributed by atoms with E-state index in [4.69, 9.17) is 14.2 Å². The number of rotatable bonds is 43. The molecule has 6 heteroatoms. The first-order valence-electron chi connectivity index (χ1n) is 25.3. The Labute approximate surface area is 392 Å². The van der Waals surface area contributed by atoms with E-state index in [0.717, 1.165) is 96.3 Å². The highest BCUT2D eigenvalue weighted by atomic mass is 16.6. The molecule has 0 aliphatic heterocycles. The van der Waals surface area contributed by atoms with Crippen molar-refractivity contribution in [3.05, 3.63) is 134 Å². The largest absolute Gasteiger partial charge is 0.462 e. The Kier molecular flexibility index (Phi) is 47.6. The Morgan fingerprint density at radius 1 is 0.328 bits per heavy atom. The second-order valence-corrected chi connectivity index (χ2v) is 16.2. The van der Waals surface area contributed by atoms with E-state index in [2.05, 4.69) is 69.4 Å². The molecule has 0 saturated carbocycles. The van der Waals surface area contributed by atoms with Crippen LogP contribution in [0.3, 0.4) is 0 Å². The van der Waals surface area contributed by atoms with Crippen LogP contribution in [0, 0.1) is 0 Å². The van der Waals surface area contributed by atoms with Crippen LogP contribution in [-0.2, 0) is 28.6 Å². The van der Waals surface area contributed by atoms with Crippen LogP contribution in [0.25, 0.3) is 0 Å². The quantitative estimate of drug-likeness (QED) is 0.0263.